The third-order valence-corrected chi connectivity index (χ3v) is 5.68. The van der Waals surface area contributed by atoms with Crippen LogP contribution in [0.1, 0.15) is 61.6 Å². The lowest BCUT2D eigenvalue weighted by Crippen LogP contribution is -2.36. The summed E-state index contributed by atoms with van der Waals surface area (Å²) in [7, 11) is 0. The first kappa shape index (κ1) is 29.3. The Morgan fingerprint density at radius 2 is 1.69 bits per heavy atom. The number of aromatic nitrogens is 1. The van der Waals surface area contributed by atoms with E-state index in [2.05, 4.69) is 10.3 Å². The Labute approximate surface area is 207 Å². The second kappa shape index (κ2) is 12.3. The molecule has 2 rings (SSSR count). The number of allylic oxidation sites excluding steroid dienone is 2. The molecule has 0 saturated heterocycles. The summed E-state index contributed by atoms with van der Waals surface area (Å²) < 4.78 is 78.7. The average Bonchev–Trinajstić information content (AvgIpc) is 2.80. The predicted molar refractivity (Wildman–Crippen MR) is 128 cm³/mol. The largest absolute Gasteiger partial charge is 0.416 e. The minimum absolute atomic E-state index is 0.0163. The fraction of sp³-hybridized carbons (Fsp3) is 0.407. The van der Waals surface area contributed by atoms with E-state index in [4.69, 9.17) is 0 Å². The van der Waals surface area contributed by atoms with E-state index in [1.54, 1.807) is 25.3 Å². The minimum Gasteiger partial charge on any atom is -0.307 e. The minimum atomic E-state index is -4.90. The molecular formula is C27H30F6N2O. The van der Waals surface area contributed by atoms with Gasteiger partial charge in [0.05, 0.1) is 17.2 Å². The Morgan fingerprint density at radius 1 is 1.08 bits per heavy atom. The molecule has 0 amide bonds. The molecule has 3 nitrogen and oxygen atoms in total. The van der Waals surface area contributed by atoms with Crippen molar-refractivity contribution in [2.75, 3.05) is 6.54 Å². The van der Waals surface area contributed by atoms with Crippen LogP contribution in [-0.2, 0) is 23.6 Å². The molecule has 0 spiro atoms. The zero-order valence-corrected chi connectivity index (χ0v) is 20.6. The summed E-state index contributed by atoms with van der Waals surface area (Å²) in [6.07, 6.45) is -2.88. The Balaban J connectivity index is 2.23. The van der Waals surface area contributed by atoms with E-state index in [1.165, 1.54) is 0 Å². The number of carbonyl (C=O) groups is 1. The van der Waals surface area contributed by atoms with E-state index in [0.29, 0.717) is 17.7 Å². The van der Waals surface area contributed by atoms with Crippen LogP contribution in [0.25, 0.3) is 6.08 Å². The van der Waals surface area contributed by atoms with Crippen LogP contribution in [-0.4, -0.2) is 23.4 Å². The Morgan fingerprint density at radius 3 is 2.22 bits per heavy atom. The number of hydrogen-bond acceptors (Lipinski definition) is 3. The maximum Gasteiger partial charge on any atom is 0.416 e. The molecule has 1 atom stereocenters. The number of Topliss-reactive ketones (excluding diaryl/α,β-unsaturated/α-hetero) is 1. The maximum absolute atomic E-state index is 13.3. The lowest BCUT2D eigenvalue weighted by atomic mass is 9.95. The molecule has 0 aliphatic heterocycles. The highest BCUT2D eigenvalue weighted by atomic mass is 19.4. The van der Waals surface area contributed by atoms with Gasteiger partial charge in [-0.15, -0.1) is 0 Å². The fourth-order valence-electron chi connectivity index (χ4n) is 3.58. The van der Waals surface area contributed by atoms with Crippen molar-refractivity contribution in [2.24, 2.45) is 0 Å². The van der Waals surface area contributed by atoms with Gasteiger partial charge in [-0.3, -0.25) is 9.78 Å². The van der Waals surface area contributed by atoms with Gasteiger partial charge in [-0.1, -0.05) is 25.5 Å². The summed E-state index contributed by atoms with van der Waals surface area (Å²) >= 11 is 0. The molecule has 196 valence electrons. The quantitative estimate of drug-likeness (QED) is 0.206. The number of halogens is 6. The smallest absolute Gasteiger partial charge is 0.307 e. The van der Waals surface area contributed by atoms with E-state index in [-0.39, 0.29) is 30.4 Å². The number of unbranched alkanes of at least 4 members (excludes halogenated alkanes) is 1. The van der Waals surface area contributed by atoms with Gasteiger partial charge in [0.1, 0.15) is 0 Å². The van der Waals surface area contributed by atoms with Crippen molar-refractivity contribution in [3.8, 4) is 0 Å². The molecule has 1 unspecified atom stereocenters. The van der Waals surface area contributed by atoms with Crippen LogP contribution in [0.4, 0.5) is 26.3 Å². The van der Waals surface area contributed by atoms with Crippen LogP contribution in [0.5, 0.6) is 0 Å². The van der Waals surface area contributed by atoms with Crippen molar-refractivity contribution >= 4 is 11.9 Å². The maximum atomic E-state index is 13.3. The number of alkyl halides is 6. The second-order valence-corrected chi connectivity index (χ2v) is 8.62. The van der Waals surface area contributed by atoms with E-state index in [9.17, 15) is 31.1 Å². The molecular weight excluding hydrogens is 482 g/mol. The van der Waals surface area contributed by atoms with Crippen molar-refractivity contribution in [3.05, 3.63) is 81.7 Å². The molecule has 1 aromatic heterocycles. The number of hydrogen-bond donors (Lipinski definition) is 1. The molecule has 0 aliphatic carbocycles. The van der Waals surface area contributed by atoms with Crippen molar-refractivity contribution in [3.63, 3.8) is 0 Å². The lowest BCUT2D eigenvalue weighted by molar-refractivity contribution is -0.143. The predicted octanol–water partition coefficient (Wildman–Crippen LogP) is 7.35. The first-order valence-electron chi connectivity index (χ1n) is 11.6. The van der Waals surface area contributed by atoms with Crippen molar-refractivity contribution in [1.29, 1.82) is 0 Å². The molecule has 1 heterocycles. The van der Waals surface area contributed by atoms with Gasteiger partial charge >= 0.3 is 12.4 Å². The van der Waals surface area contributed by atoms with Crippen LogP contribution in [0, 0.1) is 6.92 Å². The van der Waals surface area contributed by atoms with E-state index >= 15 is 0 Å². The molecule has 2 aromatic rings. The summed E-state index contributed by atoms with van der Waals surface area (Å²) in [5.41, 5.74) is -0.0532. The fourth-order valence-corrected chi connectivity index (χ4v) is 3.58. The standard InChI is InChI=1S/C27H30F6N2O/c1-5-6-8-17(2)24(15-21-9-7-11-34-18(21)3)25(36)19(4)35-12-10-20-13-22(26(28,29)30)16-23(14-20)27(31,32)33/h7-9,11,13-16,19,35H,5-6,10,12H2,1-4H3. The van der Waals surface area contributed by atoms with Crippen molar-refractivity contribution in [1.82, 2.24) is 10.3 Å². The van der Waals surface area contributed by atoms with Crippen LogP contribution in [0.15, 0.2) is 53.8 Å². The molecule has 0 bridgehead atoms. The monoisotopic (exact) mass is 512 g/mol. The molecule has 0 aliphatic rings. The first-order chi connectivity index (χ1) is 16.7. The molecule has 1 N–H and O–H groups in total. The number of pyridine rings is 1. The Hall–Kier alpha value is -2.94. The van der Waals surface area contributed by atoms with E-state index in [0.717, 1.165) is 29.7 Å². The first-order valence-corrected chi connectivity index (χ1v) is 11.6. The summed E-state index contributed by atoms with van der Waals surface area (Å²) in [6, 6.07) is 4.40. The third-order valence-electron chi connectivity index (χ3n) is 5.68. The number of carbonyl (C=O) groups excluding carboxylic acids is 1. The molecule has 1 aromatic carbocycles. The number of ketones is 1. The molecule has 36 heavy (non-hydrogen) atoms. The van der Waals surface area contributed by atoms with E-state index < -0.39 is 29.5 Å². The van der Waals surface area contributed by atoms with E-state index in [1.807, 2.05) is 32.9 Å². The zero-order chi connectivity index (χ0) is 27.1. The van der Waals surface area contributed by atoms with Gasteiger partial charge in [0.2, 0.25) is 0 Å². The highest BCUT2D eigenvalue weighted by Gasteiger charge is 2.36. The number of rotatable bonds is 10. The number of aryl methyl sites for hydroxylation is 1. The number of benzene rings is 1. The molecule has 0 radical (unpaired) electrons. The third kappa shape index (κ3) is 8.33. The summed E-state index contributed by atoms with van der Waals surface area (Å²) in [4.78, 5) is 17.5. The SMILES string of the molecule is CCCC=C(C)C(=Cc1cccnc1C)C(=O)C(C)NCCc1cc(C(F)(F)F)cc(C(F)(F)F)c1. The molecule has 0 saturated carbocycles. The summed E-state index contributed by atoms with van der Waals surface area (Å²) in [5, 5.41) is 2.94. The Kier molecular flexibility index (Phi) is 10.0. The topological polar surface area (TPSA) is 42.0 Å². The van der Waals surface area contributed by atoms with Gasteiger partial charge in [-0.05, 0) is 87.2 Å². The lowest BCUT2D eigenvalue weighted by Gasteiger charge is -2.17. The van der Waals surface area contributed by atoms with Gasteiger partial charge in [-0.25, -0.2) is 0 Å². The molecule has 9 heteroatoms. The molecule has 0 fully saturated rings. The van der Waals surface area contributed by atoms with Crippen LogP contribution < -0.4 is 5.32 Å². The van der Waals surface area contributed by atoms with Gasteiger partial charge in [0.15, 0.2) is 5.78 Å². The highest BCUT2D eigenvalue weighted by molar-refractivity contribution is 6.06. The van der Waals surface area contributed by atoms with Crippen molar-refractivity contribution < 1.29 is 31.1 Å². The van der Waals surface area contributed by atoms with Crippen molar-refractivity contribution in [2.45, 2.75) is 65.4 Å². The summed E-state index contributed by atoms with van der Waals surface area (Å²) in [6.45, 7) is 7.31. The van der Waals surface area contributed by atoms with Crippen LogP contribution in [0.3, 0.4) is 0 Å². The normalized spacial score (nSPS) is 14.2. The van der Waals surface area contributed by atoms with Crippen LogP contribution >= 0.6 is 0 Å². The summed E-state index contributed by atoms with van der Waals surface area (Å²) in [5.74, 6) is -0.233. The average molecular weight is 513 g/mol. The second-order valence-electron chi connectivity index (χ2n) is 8.62. The number of nitrogens with one attached hydrogen (secondary N) is 1. The number of nitrogens with zero attached hydrogens (tertiary/aromatic N) is 1. The van der Waals surface area contributed by atoms with Crippen LogP contribution in [0.2, 0.25) is 0 Å². The highest BCUT2D eigenvalue weighted by Crippen LogP contribution is 2.36. The van der Waals surface area contributed by atoms with Gasteiger partial charge < -0.3 is 5.32 Å². The van der Waals surface area contributed by atoms with Gasteiger partial charge in [0.25, 0.3) is 0 Å². The zero-order valence-electron chi connectivity index (χ0n) is 20.6. The van der Waals surface area contributed by atoms with Gasteiger partial charge in [0, 0.05) is 17.5 Å². The van der Waals surface area contributed by atoms with Gasteiger partial charge in [-0.2, -0.15) is 26.3 Å². The Bertz CT molecular complexity index is 1080.